The number of carbonyl (C=O) groups is 2. The van der Waals surface area contributed by atoms with Crippen molar-refractivity contribution in [2.75, 3.05) is 6.79 Å². The highest BCUT2D eigenvalue weighted by Gasteiger charge is 2.38. The van der Waals surface area contributed by atoms with Gasteiger partial charge in [0.2, 0.25) is 6.79 Å². The zero-order valence-corrected chi connectivity index (χ0v) is 12.5. The molecule has 0 fully saturated rings. The van der Waals surface area contributed by atoms with Crippen LogP contribution in [0.5, 0.6) is 11.5 Å². The second kappa shape index (κ2) is 5.35. The van der Waals surface area contributed by atoms with E-state index in [-0.39, 0.29) is 17.9 Å². The summed E-state index contributed by atoms with van der Waals surface area (Å²) in [4.78, 5) is 23.4. The molecule has 120 valence electrons. The number of allylic oxidation sites excluding steroid dienone is 2. The van der Waals surface area contributed by atoms with Gasteiger partial charge >= 0.3 is 11.9 Å². The van der Waals surface area contributed by atoms with Crippen LogP contribution >= 0.6 is 0 Å². The predicted octanol–water partition coefficient (Wildman–Crippen LogP) is 1.82. The Labute approximate surface area is 131 Å². The van der Waals surface area contributed by atoms with E-state index in [0.29, 0.717) is 28.5 Å². The molecule has 1 aromatic carbocycles. The number of nitrogens with one attached hydrogen (secondary N) is 1. The summed E-state index contributed by atoms with van der Waals surface area (Å²) in [5.41, 5.74) is 1.30. The van der Waals surface area contributed by atoms with Crippen molar-refractivity contribution in [1.82, 2.24) is 5.32 Å². The summed E-state index contributed by atoms with van der Waals surface area (Å²) in [6.45, 7) is 3.24. The van der Waals surface area contributed by atoms with E-state index in [1.807, 2.05) is 0 Å². The van der Waals surface area contributed by atoms with E-state index in [4.69, 9.17) is 9.47 Å². The van der Waals surface area contributed by atoms with Crippen LogP contribution < -0.4 is 14.8 Å². The molecule has 2 heterocycles. The van der Waals surface area contributed by atoms with Crippen LogP contribution in [0.15, 0.2) is 40.7 Å². The Morgan fingerprint density at radius 3 is 2.26 bits per heavy atom. The smallest absolute Gasteiger partial charge is 0.334 e. The first-order chi connectivity index (χ1) is 10.9. The van der Waals surface area contributed by atoms with Gasteiger partial charge in [-0.15, -0.1) is 0 Å². The number of hydrogen-bond acceptors (Lipinski definition) is 5. The van der Waals surface area contributed by atoms with Gasteiger partial charge in [0.15, 0.2) is 0 Å². The van der Waals surface area contributed by atoms with Crippen molar-refractivity contribution < 1.29 is 29.3 Å². The maximum Gasteiger partial charge on any atom is 0.334 e. The molecule has 7 nitrogen and oxygen atoms in total. The Bertz CT molecular complexity index is 741. The summed E-state index contributed by atoms with van der Waals surface area (Å²) in [7, 11) is 0. The maximum absolute atomic E-state index is 11.7. The number of ether oxygens (including phenoxy) is 2. The van der Waals surface area contributed by atoms with Crippen molar-refractivity contribution in [3.63, 3.8) is 0 Å². The highest BCUT2D eigenvalue weighted by Crippen LogP contribution is 2.43. The molecule has 0 aromatic heterocycles. The molecular formula is C16H15NO6. The molecular weight excluding hydrogens is 302 g/mol. The molecule has 0 spiro atoms. The van der Waals surface area contributed by atoms with Gasteiger partial charge in [0.1, 0.15) is 11.5 Å². The van der Waals surface area contributed by atoms with Crippen LogP contribution in [0.1, 0.15) is 25.3 Å². The second-order valence-corrected chi connectivity index (χ2v) is 5.35. The van der Waals surface area contributed by atoms with E-state index in [0.717, 1.165) is 0 Å². The summed E-state index contributed by atoms with van der Waals surface area (Å²) in [5.74, 6) is -2.24. The van der Waals surface area contributed by atoms with E-state index >= 15 is 0 Å². The lowest BCUT2D eigenvalue weighted by atomic mass is 9.80. The zero-order chi connectivity index (χ0) is 16.7. The van der Waals surface area contributed by atoms with E-state index in [1.54, 1.807) is 32.0 Å². The van der Waals surface area contributed by atoms with Gasteiger partial charge in [-0.25, -0.2) is 9.59 Å². The molecule has 1 aromatic rings. The normalized spacial score (nSPS) is 17.3. The van der Waals surface area contributed by atoms with Crippen LogP contribution in [0.3, 0.4) is 0 Å². The highest BCUT2D eigenvalue weighted by atomic mass is 16.7. The summed E-state index contributed by atoms with van der Waals surface area (Å²) in [6, 6.07) is 4.95. The fraction of sp³-hybridized carbons (Fsp3) is 0.250. The van der Waals surface area contributed by atoms with Crippen molar-refractivity contribution in [3.05, 3.63) is 46.3 Å². The third-order valence-electron chi connectivity index (χ3n) is 3.96. The number of carboxylic acids is 2. The topological polar surface area (TPSA) is 105 Å². The molecule has 0 aliphatic carbocycles. The first-order valence-corrected chi connectivity index (χ1v) is 6.95. The van der Waals surface area contributed by atoms with Crippen LogP contribution in [-0.2, 0) is 9.59 Å². The highest BCUT2D eigenvalue weighted by molar-refractivity contribution is 5.98. The Balaban J connectivity index is 2.24. The van der Waals surface area contributed by atoms with E-state index in [9.17, 15) is 19.8 Å². The number of benzene rings is 1. The Kier molecular flexibility index (Phi) is 3.48. The van der Waals surface area contributed by atoms with Crippen LogP contribution in [0.25, 0.3) is 0 Å². The first kappa shape index (κ1) is 15.0. The SMILES string of the molecule is CC1=C(C(=O)O)C(c2ccc3cc2OCO3)C(C(=O)O)=C(C)N1. The Morgan fingerprint density at radius 2 is 1.70 bits per heavy atom. The van der Waals surface area contributed by atoms with Gasteiger partial charge in [0.05, 0.1) is 17.1 Å². The number of rotatable bonds is 3. The van der Waals surface area contributed by atoms with Crippen LogP contribution in [0, 0.1) is 0 Å². The van der Waals surface area contributed by atoms with E-state index < -0.39 is 17.9 Å². The van der Waals surface area contributed by atoms with Gasteiger partial charge < -0.3 is 25.0 Å². The van der Waals surface area contributed by atoms with Gasteiger partial charge in [0.25, 0.3) is 0 Å². The number of carboxylic acid groups (broad SMARTS) is 2. The fourth-order valence-corrected chi connectivity index (χ4v) is 3.00. The Morgan fingerprint density at radius 1 is 1.09 bits per heavy atom. The lowest BCUT2D eigenvalue weighted by Crippen LogP contribution is -2.31. The third-order valence-corrected chi connectivity index (χ3v) is 3.96. The van der Waals surface area contributed by atoms with Gasteiger partial charge in [-0.2, -0.15) is 0 Å². The molecule has 0 saturated heterocycles. The number of hydrogen-bond donors (Lipinski definition) is 3. The lowest BCUT2D eigenvalue weighted by molar-refractivity contribution is -0.133. The van der Waals surface area contributed by atoms with Crippen LogP contribution in [0.4, 0.5) is 0 Å². The predicted molar refractivity (Wildman–Crippen MR) is 79.1 cm³/mol. The molecule has 7 heteroatoms. The number of dihydropyridines is 1. The van der Waals surface area contributed by atoms with Crippen molar-refractivity contribution in [2.45, 2.75) is 19.8 Å². The molecule has 2 aliphatic heterocycles. The molecule has 0 saturated carbocycles. The van der Waals surface area contributed by atoms with Gasteiger partial charge in [-0.3, -0.25) is 0 Å². The monoisotopic (exact) mass is 317 g/mol. The minimum Gasteiger partial charge on any atom is -0.478 e. The molecule has 0 unspecified atom stereocenters. The minimum atomic E-state index is -1.17. The van der Waals surface area contributed by atoms with Crippen molar-refractivity contribution in [3.8, 4) is 11.5 Å². The second-order valence-electron chi connectivity index (χ2n) is 5.35. The minimum absolute atomic E-state index is 0.00732. The average molecular weight is 317 g/mol. The first-order valence-electron chi connectivity index (χ1n) is 6.95. The van der Waals surface area contributed by atoms with Crippen LogP contribution in [-0.4, -0.2) is 28.9 Å². The van der Waals surface area contributed by atoms with Gasteiger partial charge in [-0.1, -0.05) is 6.07 Å². The van der Waals surface area contributed by atoms with Crippen molar-refractivity contribution in [1.29, 1.82) is 0 Å². The largest absolute Gasteiger partial charge is 0.478 e. The molecule has 3 rings (SSSR count). The summed E-state index contributed by atoms with van der Waals surface area (Å²) >= 11 is 0. The lowest BCUT2D eigenvalue weighted by Gasteiger charge is -2.30. The third kappa shape index (κ3) is 2.40. The van der Waals surface area contributed by atoms with Gasteiger partial charge in [0, 0.05) is 23.0 Å². The quantitative estimate of drug-likeness (QED) is 0.781. The number of aliphatic carboxylic acids is 2. The van der Waals surface area contributed by atoms with Crippen LogP contribution in [0.2, 0.25) is 0 Å². The molecule has 0 radical (unpaired) electrons. The molecule has 2 aliphatic rings. The zero-order valence-electron chi connectivity index (χ0n) is 12.5. The van der Waals surface area contributed by atoms with Crippen molar-refractivity contribution >= 4 is 11.9 Å². The summed E-state index contributed by atoms with van der Waals surface area (Å²) in [6.07, 6.45) is 0. The Hall–Kier alpha value is -2.96. The molecule has 0 atom stereocenters. The molecule has 23 heavy (non-hydrogen) atoms. The fourth-order valence-electron chi connectivity index (χ4n) is 3.00. The molecule has 3 N–H and O–H groups in total. The van der Waals surface area contributed by atoms with Gasteiger partial charge in [-0.05, 0) is 19.9 Å². The van der Waals surface area contributed by atoms with E-state index in [1.165, 1.54) is 0 Å². The average Bonchev–Trinajstić information content (AvgIpc) is 2.46. The standard InChI is InChI=1S/C16H15NO6/c1-7-12(15(18)19)14(13(16(20)21)8(2)17-7)10-4-3-9-5-11(10)23-6-22-9/h3-5,14,17H,6H2,1-2H3,(H,18,19)(H,20,21). The molecule has 0 amide bonds. The molecule has 2 bridgehead atoms. The summed E-state index contributed by atoms with van der Waals surface area (Å²) in [5, 5.41) is 22.0. The van der Waals surface area contributed by atoms with Crippen molar-refractivity contribution in [2.24, 2.45) is 0 Å². The van der Waals surface area contributed by atoms with E-state index in [2.05, 4.69) is 5.32 Å². The number of fused-ring (bicyclic) bond motifs is 2. The maximum atomic E-state index is 11.7. The summed E-state index contributed by atoms with van der Waals surface area (Å²) < 4.78 is 10.6.